The third-order valence-corrected chi connectivity index (χ3v) is 8.29. The molecule has 0 aliphatic carbocycles. The molecule has 47 heavy (non-hydrogen) atoms. The van der Waals surface area contributed by atoms with Gasteiger partial charge >= 0.3 is 0 Å². The Morgan fingerprint density at radius 3 is 2.62 bits per heavy atom. The fourth-order valence-corrected chi connectivity index (χ4v) is 5.88. The molecule has 6 rings (SSSR count). The van der Waals surface area contributed by atoms with E-state index in [1.165, 1.54) is 6.07 Å². The molecule has 12 heteroatoms. The molecule has 6 amide bonds. The summed E-state index contributed by atoms with van der Waals surface area (Å²) >= 11 is 0. The number of fused-ring (bicyclic) bond motifs is 2. The molecule has 238 valence electrons. The molecule has 2 aliphatic rings. The molecule has 0 radical (unpaired) electrons. The zero-order valence-corrected chi connectivity index (χ0v) is 25.6. The van der Waals surface area contributed by atoms with Crippen LogP contribution < -0.4 is 21.3 Å². The summed E-state index contributed by atoms with van der Waals surface area (Å²) in [6.45, 7) is 2.46. The number of piperidine rings is 1. The van der Waals surface area contributed by atoms with Crippen molar-refractivity contribution < 1.29 is 28.8 Å². The van der Waals surface area contributed by atoms with E-state index in [0.29, 0.717) is 36.4 Å². The van der Waals surface area contributed by atoms with Crippen molar-refractivity contribution >= 4 is 57.7 Å². The monoisotopic (exact) mass is 632 g/mol. The largest absolute Gasteiger partial charge is 0.384 e. The Morgan fingerprint density at radius 1 is 0.979 bits per heavy atom. The number of hydrogen-bond donors (Lipinski definition) is 4. The van der Waals surface area contributed by atoms with Gasteiger partial charge in [-0.1, -0.05) is 36.4 Å². The van der Waals surface area contributed by atoms with E-state index in [0.717, 1.165) is 26.9 Å². The smallest absolute Gasteiger partial charge is 0.264 e. The Bertz CT molecular complexity index is 1950. The van der Waals surface area contributed by atoms with Gasteiger partial charge in [-0.25, -0.2) is 0 Å². The maximum Gasteiger partial charge on any atom is 0.264 e. The number of rotatable bonds is 10. The van der Waals surface area contributed by atoms with E-state index in [1.54, 1.807) is 36.5 Å². The average Bonchev–Trinajstić information content (AvgIpc) is 3.32. The highest BCUT2D eigenvalue weighted by Crippen LogP contribution is 2.32. The van der Waals surface area contributed by atoms with E-state index in [4.69, 9.17) is 0 Å². The molecule has 2 aliphatic heterocycles. The summed E-state index contributed by atoms with van der Waals surface area (Å²) in [5, 5.41) is 12.1. The van der Waals surface area contributed by atoms with Crippen molar-refractivity contribution in [3.8, 4) is 0 Å². The Balaban J connectivity index is 1.02. The molecule has 4 aromatic rings. The summed E-state index contributed by atoms with van der Waals surface area (Å²) < 4.78 is 0. The number of amides is 6. The second-order valence-corrected chi connectivity index (χ2v) is 11.5. The number of nitrogens with one attached hydrogen (secondary N) is 4. The number of benzene rings is 3. The van der Waals surface area contributed by atoms with E-state index in [2.05, 4.69) is 26.3 Å². The van der Waals surface area contributed by atoms with Gasteiger partial charge in [-0.3, -0.25) is 44.0 Å². The fourth-order valence-electron chi connectivity index (χ4n) is 5.88. The molecule has 1 atom stereocenters. The maximum atomic E-state index is 13.3. The molecule has 0 spiro atoms. The Labute approximate surface area is 269 Å². The van der Waals surface area contributed by atoms with Crippen LogP contribution in [0.25, 0.3) is 10.9 Å². The van der Waals surface area contributed by atoms with Gasteiger partial charge in [-0.05, 0) is 61.2 Å². The SMILES string of the molecule is Cc1ccc(NC(=O)CCCNc2cccc3c2C(=O)N(C2CCC(=O)NC2=O)C3=O)cc1C(=O)NCc1cccc2cccnc12. The summed E-state index contributed by atoms with van der Waals surface area (Å²) in [5.41, 5.74) is 4.18. The molecule has 1 aromatic heterocycles. The molecular formula is C35H32N6O6. The van der Waals surface area contributed by atoms with Gasteiger partial charge in [-0.2, -0.15) is 0 Å². The minimum atomic E-state index is -1.05. The van der Waals surface area contributed by atoms with Gasteiger partial charge in [0.25, 0.3) is 17.7 Å². The second kappa shape index (κ2) is 13.2. The van der Waals surface area contributed by atoms with Crippen molar-refractivity contribution in [3.05, 3.63) is 101 Å². The summed E-state index contributed by atoms with van der Waals surface area (Å²) in [6, 6.07) is 18.6. The molecular weight excluding hydrogens is 600 g/mol. The minimum Gasteiger partial charge on any atom is -0.384 e. The Kier molecular flexibility index (Phi) is 8.74. The van der Waals surface area contributed by atoms with Gasteiger partial charge in [0.2, 0.25) is 17.7 Å². The lowest BCUT2D eigenvalue weighted by Crippen LogP contribution is -2.54. The zero-order chi connectivity index (χ0) is 33.1. The normalized spacial score (nSPS) is 15.8. The number of aromatic nitrogens is 1. The summed E-state index contributed by atoms with van der Waals surface area (Å²) in [7, 11) is 0. The van der Waals surface area contributed by atoms with Gasteiger partial charge < -0.3 is 16.0 Å². The van der Waals surface area contributed by atoms with Gasteiger partial charge in [0.1, 0.15) is 6.04 Å². The molecule has 3 heterocycles. The summed E-state index contributed by atoms with van der Waals surface area (Å²) in [5.74, 6) is -2.82. The second-order valence-electron chi connectivity index (χ2n) is 11.5. The van der Waals surface area contributed by atoms with Gasteiger partial charge in [0.05, 0.1) is 16.6 Å². The fraction of sp³-hybridized carbons (Fsp3) is 0.229. The van der Waals surface area contributed by atoms with Crippen LogP contribution in [0.1, 0.15) is 67.9 Å². The lowest BCUT2D eigenvalue weighted by Gasteiger charge is -2.27. The first-order valence-electron chi connectivity index (χ1n) is 15.3. The highest BCUT2D eigenvalue weighted by Gasteiger charge is 2.45. The molecule has 3 aromatic carbocycles. The van der Waals surface area contributed by atoms with E-state index in [1.807, 2.05) is 37.3 Å². The predicted molar refractivity (Wildman–Crippen MR) is 174 cm³/mol. The summed E-state index contributed by atoms with van der Waals surface area (Å²) in [4.78, 5) is 81.4. The van der Waals surface area contributed by atoms with Crippen molar-refractivity contribution in [2.75, 3.05) is 17.2 Å². The number of anilines is 2. The summed E-state index contributed by atoms with van der Waals surface area (Å²) in [6.07, 6.45) is 2.39. The van der Waals surface area contributed by atoms with Gasteiger partial charge in [0, 0.05) is 54.5 Å². The van der Waals surface area contributed by atoms with Crippen molar-refractivity contribution in [2.45, 2.75) is 45.2 Å². The van der Waals surface area contributed by atoms with E-state index in [9.17, 15) is 28.8 Å². The van der Waals surface area contributed by atoms with Crippen LogP contribution in [0.4, 0.5) is 11.4 Å². The Hall–Kier alpha value is -5.91. The minimum absolute atomic E-state index is 0.0396. The van der Waals surface area contributed by atoms with Crippen LogP contribution in [0, 0.1) is 6.92 Å². The number of imide groups is 2. The van der Waals surface area contributed by atoms with Crippen LogP contribution in [-0.4, -0.2) is 57.9 Å². The Morgan fingerprint density at radius 2 is 1.79 bits per heavy atom. The predicted octanol–water partition coefficient (Wildman–Crippen LogP) is 3.71. The van der Waals surface area contributed by atoms with Crippen molar-refractivity contribution in [2.24, 2.45) is 0 Å². The third-order valence-electron chi connectivity index (χ3n) is 8.29. The average molecular weight is 633 g/mol. The van der Waals surface area contributed by atoms with Crippen molar-refractivity contribution in [1.82, 2.24) is 20.5 Å². The van der Waals surface area contributed by atoms with Gasteiger partial charge in [-0.15, -0.1) is 0 Å². The van der Waals surface area contributed by atoms with Crippen LogP contribution >= 0.6 is 0 Å². The molecule has 1 unspecified atom stereocenters. The maximum absolute atomic E-state index is 13.3. The van der Waals surface area contributed by atoms with Crippen LogP contribution in [-0.2, 0) is 20.9 Å². The number of aryl methyl sites for hydroxylation is 1. The van der Waals surface area contributed by atoms with Crippen molar-refractivity contribution in [3.63, 3.8) is 0 Å². The first kappa shape index (κ1) is 31.1. The van der Waals surface area contributed by atoms with E-state index >= 15 is 0 Å². The van der Waals surface area contributed by atoms with Crippen LogP contribution in [0.2, 0.25) is 0 Å². The number of nitrogens with zero attached hydrogens (tertiary/aromatic N) is 2. The molecule has 4 N–H and O–H groups in total. The third kappa shape index (κ3) is 6.43. The van der Waals surface area contributed by atoms with E-state index < -0.39 is 29.7 Å². The quantitative estimate of drug-likeness (QED) is 0.152. The molecule has 12 nitrogen and oxygen atoms in total. The zero-order valence-electron chi connectivity index (χ0n) is 25.6. The number of para-hydroxylation sites is 1. The van der Waals surface area contributed by atoms with Crippen LogP contribution in [0.5, 0.6) is 0 Å². The van der Waals surface area contributed by atoms with Crippen molar-refractivity contribution in [1.29, 1.82) is 0 Å². The molecule has 1 saturated heterocycles. The highest BCUT2D eigenvalue weighted by atomic mass is 16.2. The molecule has 0 saturated carbocycles. The standard InChI is InChI=1S/C35H32N6O6/c1-20-12-13-23(18-25(20)32(44)38-19-22-7-2-6-21-8-4-17-37-31(21)22)39-28(42)11-5-16-36-26-10-3-9-24-30(26)35(47)41(34(24)46)27-14-15-29(43)40-33(27)45/h2-4,6-10,12-13,17-18,27,36H,5,11,14-16,19H2,1H3,(H,38,44)(H,39,42)(H,40,43,45). The lowest BCUT2D eigenvalue weighted by molar-refractivity contribution is -0.136. The number of carbonyl (C=O) groups excluding carboxylic acids is 6. The topological polar surface area (TPSA) is 167 Å². The molecule has 0 bridgehead atoms. The van der Waals surface area contributed by atoms with Gasteiger partial charge in [0.15, 0.2) is 0 Å². The number of hydrogen-bond acceptors (Lipinski definition) is 8. The first-order chi connectivity index (χ1) is 22.7. The van der Waals surface area contributed by atoms with Crippen LogP contribution in [0.15, 0.2) is 72.9 Å². The lowest BCUT2D eigenvalue weighted by atomic mass is 10.0. The van der Waals surface area contributed by atoms with Crippen LogP contribution in [0.3, 0.4) is 0 Å². The first-order valence-corrected chi connectivity index (χ1v) is 15.3. The molecule has 1 fully saturated rings. The highest BCUT2D eigenvalue weighted by molar-refractivity contribution is 6.25. The number of carbonyl (C=O) groups is 6. The van der Waals surface area contributed by atoms with E-state index in [-0.39, 0.29) is 42.2 Å². The number of pyridine rings is 1.